The average Bonchev–Trinajstić information content (AvgIpc) is 2.42. The number of halogens is 5. The van der Waals surface area contributed by atoms with Crippen LogP contribution in [-0.4, -0.2) is 30.3 Å². The number of aromatic nitrogens is 1. The first-order valence-corrected chi connectivity index (χ1v) is 7.20. The Bertz CT molecular complexity index is 576. The van der Waals surface area contributed by atoms with Crippen molar-refractivity contribution in [1.82, 2.24) is 15.6 Å². The first-order valence-electron chi connectivity index (χ1n) is 7.20. The molecule has 1 saturated carbocycles. The number of ether oxygens (including phenoxy) is 1. The third kappa shape index (κ3) is 4.45. The Balaban J connectivity index is 1.81. The Morgan fingerprint density at radius 2 is 2.04 bits per heavy atom. The molecule has 0 atom stereocenters. The van der Waals surface area contributed by atoms with Crippen LogP contribution in [-0.2, 0) is 6.54 Å². The summed E-state index contributed by atoms with van der Waals surface area (Å²) >= 11 is 0. The fourth-order valence-electron chi connectivity index (χ4n) is 2.37. The highest BCUT2D eigenvalue weighted by atomic mass is 19.4. The molecule has 0 spiro atoms. The SMILES string of the molecule is O=C(NCc1ccnc(OC(F)F)c1)NCC1(C(F)(F)F)CCC1. The number of amides is 2. The van der Waals surface area contributed by atoms with Gasteiger partial charge in [0.1, 0.15) is 0 Å². The third-order valence-electron chi connectivity index (χ3n) is 3.96. The van der Waals surface area contributed by atoms with Gasteiger partial charge >= 0.3 is 18.8 Å². The Labute approximate surface area is 134 Å². The summed E-state index contributed by atoms with van der Waals surface area (Å²) in [6.07, 6.45) is -2.66. The van der Waals surface area contributed by atoms with Crippen molar-refractivity contribution in [3.05, 3.63) is 23.9 Å². The van der Waals surface area contributed by atoms with Crippen molar-refractivity contribution in [3.63, 3.8) is 0 Å². The molecule has 0 bridgehead atoms. The molecule has 134 valence electrons. The first kappa shape index (κ1) is 18.2. The van der Waals surface area contributed by atoms with Crippen LogP contribution < -0.4 is 15.4 Å². The van der Waals surface area contributed by atoms with Crippen LogP contribution in [0.4, 0.5) is 26.7 Å². The first-order chi connectivity index (χ1) is 11.2. The van der Waals surface area contributed by atoms with Crippen LogP contribution in [0.1, 0.15) is 24.8 Å². The largest absolute Gasteiger partial charge is 0.417 e. The number of nitrogens with zero attached hydrogens (tertiary/aromatic N) is 1. The zero-order chi connectivity index (χ0) is 17.8. The standard InChI is InChI=1S/C14H16F5N3O2/c15-11(16)24-10-6-9(2-5-20-10)7-21-12(23)22-8-13(3-1-4-13)14(17,18)19/h2,5-6,11H,1,3-4,7-8H2,(H2,21,22,23). The van der Waals surface area contributed by atoms with E-state index in [4.69, 9.17) is 0 Å². The van der Waals surface area contributed by atoms with Crippen molar-refractivity contribution in [1.29, 1.82) is 0 Å². The molecule has 5 nitrogen and oxygen atoms in total. The van der Waals surface area contributed by atoms with Gasteiger partial charge in [0.25, 0.3) is 0 Å². The van der Waals surface area contributed by atoms with Gasteiger partial charge in [-0.2, -0.15) is 22.0 Å². The molecular formula is C14H16F5N3O2. The zero-order valence-electron chi connectivity index (χ0n) is 12.5. The quantitative estimate of drug-likeness (QED) is 0.772. The molecule has 0 unspecified atom stereocenters. The number of carbonyl (C=O) groups excluding carboxylic acids is 1. The molecule has 24 heavy (non-hydrogen) atoms. The van der Waals surface area contributed by atoms with Gasteiger partial charge in [0.15, 0.2) is 0 Å². The Kier molecular flexibility index (Phi) is 5.45. The van der Waals surface area contributed by atoms with Crippen molar-refractivity contribution < 1.29 is 31.5 Å². The van der Waals surface area contributed by atoms with Crippen LogP contribution >= 0.6 is 0 Å². The van der Waals surface area contributed by atoms with E-state index in [-0.39, 0.29) is 25.3 Å². The van der Waals surface area contributed by atoms with Crippen LogP contribution in [0, 0.1) is 5.41 Å². The zero-order valence-corrected chi connectivity index (χ0v) is 12.5. The molecule has 10 heteroatoms. The fourth-order valence-corrected chi connectivity index (χ4v) is 2.37. The maximum absolute atomic E-state index is 13.0. The maximum atomic E-state index is 13.0. The molecule has 1 aliphatic carbocycles. The minimum atomic E-state index is -4.36. The normalized spacial score (nSPS) is 16.4. The van der Waals surface area contributed by atoms with E-state index in [1.807, 2.05) is 0 Å². The molecule has 1 fully saturated rings. The Morgan fingerprint density at radius 3 is 2.58 bits per heavy atom. The highest BCUT2D eigenvalue weighted by Gasteiger charge is 2.58. The van der Waals surface area contributed by atoms with Crippen molar-refractivity contribution >= 4 is 6.03 Å². The molecule has 1 heterocycles. The number of rotatable bonds is 6. The monoisotopic (exact) mass is 353 g/mol. The maximum Gasteiger partial charge on any atom is 0.396 e. The van der Waals surface area contributed by atoms with Gasteiger partial charge in [-0.15, -0.1) is 0 Å². The highest BCUT2D eigenvalue weighted by Crippen LogP contribution is 2.52. The second kappa shape index (κ2) is 7.18. The van der Waals surface area contributed by atoms with Gasteiger partial charge in [0.05, 0.1) is 5.41 Å². The fraction of sp³-hybridized carbons (Fsp3) is 0.571. The van der Waals surface area contributed by atoms with Crippen LogP contribution in [0.3, 0.4) is 0 Å². The summed E-state index contributed by atoms with van der Waals surface area (Å²) < 4.78 is 67.1. The van der Waals surface area contributed by atoms with Crippen LogP contribution in [0.15, 0.2) is 18.3 Å². The smallest absolute Gasteiger partial charge is 0.396 e. The number of carbonyl (C=O) groups is 1. The molecule has 1 aromatic heterocycles. The van der Waals surface area contributed by atoms with Gasteiger partial charge in [-0.1, -0.05) is 6.42 Å². The summed E-state index contributed by atoms with van der Waals surface area (Å²) in [5, 5.41) is 4.58. The van der Waals surface area contributed by atoms with E-state index in [0.29, 0.717) is 12.0 Å². The molecule has 0 saturated heterocycles. The van der Waals surface area contributed by atoms with E-state index >= 15 is 0 Å². The average molecular weight is 353 g/mol. The topological polar surface area (TPSA) is 63.2 Å². The van der Waals surface area contributed by atoms with Crippen LogP contribution in [0.25, 0.3) is 0 Å². The lowest BCUT2D eigenvalue weighted by atomic mass is 9.68. The summed E-state index contributed by atoms with van der Waals surface area (Å²) in [7, 11) is 0. The van der Waals surface area contributed by atoms with E-state index in [2.05, 4.69) is 20.4 Å². The summed E-state index contributed by atoms with van der Waals surface area (Å²) in [5.74, 6) is -0.310. The predicted molar refractivity (Wildman–Crippen MR) is 73.4 cm³/mol. The second-order valence-corrected chi connectivity index (χ2v) is 5.55. The number of alkyl halides is 5. The lowest BCUT2D eigenvalue weighted by Crippen LogP contribution is -2.53. The van der Waals surface area contributed by atoms with E-state index < -0.39 is 30.8 Å². The Hall–Kier alpha value is -2.13. The predicted octanol–water partition coefficient (Wildman–Crippen LogP) is 3.21. The van der Waals surface area contributed by atoms with E-state index in [1.165, 1.54) is 18.3 Å². The Morgan fingerprint density at radius 1 is 1.33 bits per heavy atom. The summed E-state index contributed by atoms with van der Waals surface area (Å²) in [4.78, 5) is 15.2. The molecule has 2 rings (SSSR count). The summed E-state index contributed by atoms with van der Waals surface area (Å²) in [5.41, 5.74) is -1.43. The minimum absolute atomic E-state index is 0.00450. The molecule has 1 aromatic rings. The van der Waals surface area contributed by atoms with Crippen LogP contribution in [0.5, 0.6) is 5.88 Å². The minimum Gasteiger partial charge on any atom is -0.417 e. The van der Waals surface area contributed by atoms with E-state index in [0.717, 1.165) is 0 Å². The molecule has 1 aliphatic rings. The van der Waals surface area contributed by atoms with Crippen molar-refractivity contribution in [2.75, 3.05) is 6.54 Å². The second-order valence-electron chi connectivity index (χ2n) is 5.55. The number of hydrogen-bond donors (Lipinski definition) is 2. The van der Waals surface area contributed by atoms with Gasteiger partial charge < -0.3 is 15.4 Å². The molecule has 0 aromatic carbocycles. The molecule has 2 amide bonds. The third-order valence-corrected chi connectivity index (χ3v) is 3.96. The van der Waals surface area contributed by atoms with Gasteiger partial charge in [0.2, 0.25) is 5.88 Å². The van der Waals surface area contributed by atoms with Gasteiger partial charge in [-0.3, -0.25) is 0 Å². The summed E-state index contributed by atoms with van der Waals surface area (Å²) in [6, 6.07) is 1.90. The molecule has 2 N–H and O–H groups in total. The van der Waals surface area contributed by atoms with Crippen molar-refractivity contribution in [2.24, 2.45) is 5.41 Å². The van der Waals surface area contributed by atoms with E-state index in [1.54, 1.807) is 0 Å². The van der Waals surface area contributed by atoms with Gasteiger partial charge in [-0.05, 0) is 24.5 Å². The number of nitrogens with one attached hydrogen (secondary N) is 2. The van der Waals surface area contributed by atoms with Crippen LogP contribution in [0.2, 0.25) is 0 Å². The summed E-state index contributed by atoms with van der Waals surface area (Å²) in [6.45, 7) is -3.57. The molecule has 0 radical (unpaired) electrons. The van der Waals surface area contributed by atoms with Crippen molar-refractivity contribution in [3.8, 4) is 5.88 Å². The van der Waals surface area contributed by atoms with Crippen molar-refractivity contribution in [2.45, 2.75) is 38.6 Å². The van der Waals surface area contributed by atoms with E-state index in [9.17, 15) is 26.7 Å². The highest BCUT2D eigenvalue weighted by molar-refractivity contribution is 5.73. The molecular weight excluding hydrogens is 337 g/mol. The molecule has 0 aliphatic heterocycles. The number of urea groups is 1. The van der Waals surface area contributed by atoms with Gasteiger partial charge in [-0.25, -0.2) is 9.78 Å². The lowest BCUT2D eigenvalue weighted by Gasteiger charge is -2.43. The van der Waals surface area contributed by atoms with Gasteiger partial charge in [0, 0.05) is 25.4 Å². The lowest BCUT2D eigenvalue weighted by molar-refractivity contribution is -0.247. The number of pyridine rings is 1. The number of hydrogen-bond acceptors (Lipinski definition) is 3.